The van der Waals surface area contributed by atoms with Gasteiger partial charge in [-0.25, -0.2) is 4.98 Å². The number of hydrogen-bond donors (Lipinski definition) is 1. The first-order valence-electron chi connectivity index (χ1n) is 9.75. The minimum absolute atomic E-state index is 0.0548. The van der Waals surface area contributed by atoms with E-state index in [1.807, 2.05) is 23.3 Å². The molecule has 1 N–H and O–H groups in total. The molecule has 2 saturated heterocycles. The average Bonchev–Trinajstić information content (AvgIpc) is 2.69. The number of hydrogen-bond acceptors (Lipinski definition) is 5. The first-order valence-corrected chi connectivity index (χ1v) is 11.0. The normalized spacial score (nSPS) is 23.3. The summed E-state index contributed by atoms with van der Waals surface area (Å²) in [5, 5.41) is 10.9. The van der Waals surface area contributed by atoms with Crippen LogP contribution in [0.2, 0.25) is 0 Å². The van der Waals surface area contributed by atoms with E-state index >= 15 is 0 Å². The van der Waals surface area contributed by atoms with Crippen LogP contribution in [-0.2, 0) is 0 Å². The molecule has 1 aromatic rings. The fourth-order valence-electron chi connectivity index (χ4n) is 4.63. The number of amides is 1. The van der Waals surface area contributed by atoms with Crippen LogP contribution in [-0.4, -0.2) is 71.4 Å². The molecule has 6 heteroatoms. The van der Waals surface area contributed by atoms with Crippen molar-refractivity contribution >= 4 is 17.7 Å². The highest BCUT2D eigenvalue weighted by molar-refractivity contribution is 7.98. The molecule has 2 aliphatic rings. The Bertz CT molecular complexity index is 617. The minimum atomic E-state index is 0.0548. The number of rotatable bonds is 5. The third-order valence-corrected chi connectivity index (χ3v) is 6.99. The van der Waals surface area contributed by atoms with Crippen LogP contribution in [0.5, 0.6) is 0 Å². The lowest BCUT2D eigenvalue weighted by Gasteiger charge is -2.51. The molecule has 0 radical (unpaired) electrons. The Balaban J connectivity index is 1.69. The van der Waals surface area contributed by atoms with Crippen LogP contribution in [0.3, 0.4) is 0 Å². The number of thioether (sulfide) groups is 1. The molecule has 1 aromatic heterocycles. The topological polar surface area (TPSA) is 56.7 Å². The Morgan fingerprint density at radius 2 is 2.08 bits per heavy atom. The van der Waals surface area contributed by atoms with Crippen molar-refractivity contribution in [2.75, 3.05) is 45.6 Å². The molecule has 0 saturated carbocycles. The number of piperidine rings is 2. The van der Waals surface area contributed by atoms with Crippen molar-refractivity contribution in [3.05, 3.63) is 23.9 Å². The van der Waals surface area contributed by atoms with E-state index in [-0.39, 0.29) is 23.8 Å². The molecule has 3 heterocycles. The second-order valence-electron chi connectivity index (χ2n) is 7.64. The van der Waals surface area contributed by atoms with E-state index in [0.29, 0.717) is 12.1 Å². The molecule has 2 fully saturated rings. The summed E-state index contributed by atoms with van der Waals surface area (Å²) < 4.78 is 0. The monoisotopic (exact) mass is 377 g/mol. The van der Waals surface area contributed by atoms with Gasteiger partial charge in [0, 0.05) is 31.8 Å². The summed E-state index contributed by atoms with van der Waals surface area (Å²) in [5.41, 5.74) is 0.887. The first kappa shape index (κ1) is 19.6. The van der Waals surface area contributed by atoms with E-state index in [0.717, 1.165) is 43.9 Å². The second kappa shape index (κ2) is 8.72. The predicted molar refractivity (Wildman–Crippen MR) is 106 cm³/mol. The van der Waals surface area contributed by atoms with Gasteiger partial charge >= 0.3 is 0 Å². The van der Waals surface area contributed by atoms with E-state index in [1.54, 1.807) is 6.20 Å². The van der Waals surface area contributed by atoms with Crippen LogP contribution in [0.4, 0.5) is 0 Å². The highest BCUT2D eigenvalue weighted by Gasteiger charge is 2.45. The summed E-state index contributed by atoms with van der Waals surface area (Å²) in [4.78, 5) is 21.8. The quantitative estimate of drug-likeness (QED) is 0.800. The summed E-state index contributed by atoms with van der Waals surface area (Å²) in [7, 11) is 0. The highest BCUT2D eigenvalue weighted by Crippen LogP contribution is 2.45. The van der Waals surface area contributed by atoms with E-state index < -0.39 is 0 Å². The zero-order valence-corrected chi connectivity index (χ0v) is 16.8. The van der Waals surface area contributed by atoms with Crippen molar-refractivity contribution in [2.45, 2.75) is 37.6 Å². The van der Waals surface area contributed by atoms with Gasteiger partial charge < -0.3 is 14.9 Å². The second-order valence-corrected chi connectivity index (χ2v) is 8.44. The van der Waals surface area contributed by atoms with Crippen molar-refractivity contribution in [2.24, 2.45) is 11.3 Å². The summed E-state index contributed by atoms with van der Waals surface area (Å²) in [6.07, 6.45) is 8.16. The molecule has 144 valence electrons. The number of carbonyl (C=O) groups is 1. The fraction of sp³-hybridized carbons (Fsp3) is 0.700. The van der Waals surface area contributed by atoms with E-state index in [2.05, 4.69) is 16.8 Å². The van der Waals surface area contributed by atoms with Gasteiger partial charge in [-0.1, -0.05) is 6.92 Å². The summed E-state index contributed by atoms with van der Waals surface area (Å²) in [5.74, 6) is 0.234. The zero-order chi connectivity index (χ0) is 18.6. The van der Waals surface area contributed by atoms with Gasteiger partial charge in [0.1, 0.15) is 5.03 Å². The third-order valence-electron chi connectivity index (χ3n) is 6.28. The van der Waals surface area contributed by atoms with Gasteiger partial charge in [-0.15, -0.1) is 11.8 Å². The van der Waals surface area contributed by atoms with Crippen LogP contribution in [0.25, 0.3) is 0 Å². The minimum Gasteiger partial charge on any atom is -0.396 e. The van der Waals surface area contributed by atoms with Gasteiger partial charge in [0.2, 0.25) is 0 Å². The number of pyridine rings is 1. The molecule has 0 bridgehead atoms. The lowest BCUT2D eigenvalue weighted by Crippen LogP contribution is -2.54. The Morgan fingerprint density at radius 3 is 2.73 bits per heavy atom. The molecular formula is C20H31N3O2S. The molecule has 1 unspecified atom stereocenters. The Kier molecular flexibility index (Phi) is 6.59. The number of aliphatic hydroxyl groups is 1. The molecule has 0 aromatic carbocycles. The maximum Gasteiger partial charge on any atom is 0.256 e. The average molecular weight is 378 g/mol. The third kappa shape index (κ3) is 3.92. The lowest BCUT2D eigenvalue weighted by atomic mass is 9.64. The molecule has 1 amide bonds. The van der Waals surface area contributed by atoms with Crippen molar-refractivity contribution in [1.82, 2.24) is 14.8 Å². The van der Waals surface area contributed by atoms with Gasteiger partial charge in [0.25, 0.3) is 5.91 Å². The van der Waals surface area contributed by atoms with Gasteiger partial charge in [-0.2, -0.15) is 0 Å². The van der Waals surface area contributed by atoms with E-state index in [9.17, 15) is 9.90 Å². The first-order chi connectivity index (χ1) is 12.6. The van der Waals surface area contributed by atoms with E-state index in [1.165, 1.54) is 24.7 Å². The van der Waals surface area contributed by atoms with Crippen LogP contribution in [0, 0.1) is 11.3 Å². The SMILES string of the molecule is CCCN1CCC2(CC1)CCN(C(=O)c1cccnc1SC)CC2CO. The Hall–Kier alpha value is -1.11. The van der Waals surface area contributed by atoms with Crippen molar-refractivity contribution < 1.29 is 9.90 Å². The molecule has 1 atom stereocenters. The number of likely N-dealkylation sites (tertiary alicyclic amines) is 2. The number of nitrogens with zero attached hydrogens (tertiary/aromatic N) is 3. The molecular weight excluding hydrogens is 346 g/mol. The van der Waals surface area contributed by atoms with Crippen LogP contribution in [0.1, 0.15) is 43.0 Å². The van der Waals surface area contributed by atoms with Crippen LogP contribution < -0.4 is 0 Å². The van der Waals surface area contributed by atoms with Crippen molar-refractivity contribution in [1.29, 1.82) is 0 Å². The van der Waals surface area contributed by atoms with E-state index in [4.69, 9.17) is 0 Å². The maximum absolute atomic E-state index is 13.0. The van der Waals surface area contributed by atoms with Crippen molar-refractivity contribution in [3.63, 3.8) is 0 Å². The highest BCUT2D eigenvalue weighted by atomic mass is 32.2. The smallest absolute Gasteiger partial charge is 0.256 e. The van der Waals surface area contributed by atoms with Gasteiger partial charge in [-0.3, -0.25) is 4.79 Å². The molecule has 1 spiro atoms. The summed E-state index contributed by atoms with van der Waals surface area (Å²) in [6.45, 7) is 7.25. The van der Waals surface area contributed by atoms with Crippen molar-refractivity contribution in [3.8, 4) is 0 Å². The number of carbonyl (C=O) groups excluding carboxylic acids is 1. The summed E-state index contributed by atoms with van der Waals surface area (Å²) in [6, 6.07) is 3.69. The Morgan fingerprint density at radius 1 is 1.35 bits per heavy atom. The Labute approximate surface area is 161 Å². The molecule has 5 nitrogen and oxygen atoms in total. The standard InChI is InChI=1S/C20H31N3O2S/c1-3-10-22-11-6-20(7-12-22)8-13-23(14-16(20)15-24)19(25)17-5-4-9-21-18(17)26-2/h4-5,9,16,24H,3,6-8,10-15H2,1-2H3. The van der Waals surface area contributed by atoms with Gasteiger partial charge in [0.15, 0.2) is 0 Å². The number of aromatic nitrogens is 1. The largest absolute Gasteiger partial charge is 0.396 e. The molecule has 0 aliphatic carbocycles. The van der Waals surface area contributed by atoms with Gasteiger partial charge in [-0.05, 0) is 69.1 Å². The van der Waals surface area contributed by atoms with Crippen LogP contribution in [0.15, 0.2) is 23.4 Å². The van der Waals surface area contributed by atoms with Crippen LogP contribution >= 0.6 is 11.8 Å². The molecule has 3 rings (SSSR count). The van der Waals surface area contributed by atoms with Gasteiger partial charge in [0.05, 0.1) is 5.56 Å². The maximum atomic E-state index is 13.0. The summed E-state index contributed by atoms with van der Waals surface area (Å²) >= 11 is 1.51. The lowest BCUT2D eigenvalue weighted by molar-refractivity contribution is -0.0351. The fourth-order valence-corrected chi connectivity index (χ4v) is 5.17. The zero-order valence-electron chi connectivity index (χ0n) is 16.0. The number of aliphatic hydroxyl groups excluding tert-OH is 1. The predicted octanol–water partition coefficient (Wildman–Crippen LogP) is 2.75. The molecule has 26 heavy (non-hydrogen) atoms. The molecule has 2 aliphatic heterocycles.